The van der Waals surface area contributed by atoms with Gasteiger partial charge in [-0.1, -0.05) is 48.5 Å². The van der Waals surface area contributed by atoms with Gasteiger partial charge in [-0.05, 0) is 11.6 Å². The summed E-state index contributed by atoms with van der Waals surface area (Å²) >= 11 is 0. The molecule has 4 rings (SSSR count). The monoisotopic (exact) mass is 423 g/mol. The third-order valence-electron chi connectivity index (χ3n) is 5.13. The molecule has 2 aromatic carbocycles. The van der Waals surface area contributed by atoms with Crippen molar-refractivity contribution in [3.63, 3.8) is 0 Å². The molecule has 0 radical (unpaired) electrons. The van der Waals surface area contributed by atoms with Crippen molar-refractivity contribution in [1.29, 1.82) is 5.26 Å². The van der Waals surface area contributed by atoms with Gasteiger partial charge in [0.1, 0.15) is 29.6 Å². The number of hydrogen-bond acceptors (Lipinski definition) is 7. The maximum atomic E-state index is 13.0. The minimum Gasteiger partial charge on any atom is -0.382 e. The van der Waals surface area contributed by atoms with Gasteiger partial charge in [0.2, 0.25) is 0 Å². The largest absolute Gasteiger partial charge is 0.382 e. The zero-order valence-electron chi connectivity index (χ0n) is 17.5. The predicted octanol–water partition coefficient (Wildman–Crippen LogP) is 3.16. The SMILES string of the molecule is CNC(=O)c1c(-c2ccccc2)c(CCNc2ncnc(N)c2C#N)nc2ccccc12. The molecule has 8 nitrogen and oxygen atoms in total. The van der Waals surface area contributed by atoms with Crippen LogP contribution < -0.4 is 16.4 Å². The number of para-hydroxylation sites is 1. The number of carbonyl (C=O) groups excluding carboxylic acids is 1. The summed E-state index contributed by atoms with van der Waals surface area (Å²) in [4.78, 5) is 25.8. The molecule has 0 bridgehead atoms. The zero-order chi connectivity index (χ0) is 22.5. The van der Waals surface area contributed by atoms with Crippen molar-refractivity contribution in [1.82, 2.24) is 20.3 Å². The lowest BCUT2D eigenvalue weighted by Crippen LogP contribution is -2.21. The Kier molecular flexibility index (Phi) is 5.90. The van der Waals surface area contributed by atoms with Gasteiger partial charge in [-0.25, -0.2) is 9.97 Å². The summed E-state index contributed by atoms with van der Waals surface area (Å²) in [6.45, 7) is 0.434. The summed E-state index contributed by atoms with van der Waals surface area (Å²) < 4.78 is 0. The highest BCUT2D eigenvalue weighted by Gasteiger charge is 2.21. The predicted molar refractivity (Wildman–Crippen MR) is 124 cm³/mol. The van der Waals surface area contributed by atoms with E-state index in [-0.39, 0.29) is 17.3 Å². The number of pyridine rings is 1. The van der Waals surface area contributed by atoms with Gasteiger partial charge in [0.05, 0.1) is 16.8 Å². The van der Waals surface area contributed by atoms with Crippen molar-refractivity contribution in [3.05, 3.63) is 77.7 Å². The fraction of sp³-hybridized carbons (Fsp3) is 0.125. The number of benzene rings is 2. The fourth-order valence-electron chi connectivity index (χ4n) is 3.66. The molecule has 4 aromatic rings. The highest BCUT2D eigenvalue weighted by atomic mass is 16.1. The van der Waals surface area contributed by atoms with E-state index < -0.39 is 0 Å². The molecular formula is C24H21N7O. The van der Waals surface area contributed by atoms with Crippen molar-refractivity contribution < 1.29 is 4.79 Å². The number of nitrogen functional groups attached to an aromatic ring is 1. The first-order valence-electron chi connectivity index (χ1n) is 10.1. The van der Waals surface area contributed by atoms with Gasteiger partial charge in [-0.3, -0.25) is 9.78 Å². The minimum atomic E-state index is -0.174. The number of hydrogen-bond donors (Lipinski definition) is 3. The number of nitrogens with one attached hydrogen (secondary N) is 2. The highest BCUT2D eigenvalue weighted by molar-refractivity contribution is 6.12. The van der Waals surface area contributed by atoms with Crippen LogP contribution >= 0.6 is 0 Å². The summed E-state index contributed by atoms with van der Waals surface area (Å²) in [7, 11) is 1.62. The standard InChI is InChI=1S/C24H21N7O/c1-27-24(32)21-16-9-5-6-10-18(16)31-19(20(21)15-7-3-2-4-8-15)11-12-28-23-17(13-25)22(26)29-14-30-23/h2-10,14H,11-12H2,1H3,(H,27,32)(H3,26,28,29,30). The van der Waals surface area contributed by atoms with Crippen LogP contribution in [0.4, 0.5) is 11.6 Å². The normalized spacial score (nSPS) is 10.5. The second-order valence-electron chi connectivity index (χ2n) is 7.04. The second-order valence-corrected chi connectivity index (χ2v) is 7.04. The first-order valence-corrected chi connectivity index (χ1v) is 10.1. The van der Waals surface area contributed by atoms with Crippen LogP contribution in [-0.4, -0.2) is 34.5 Å². The highest BCUT2D eigenvalue weighted by Crippen LogP contribution is 2.32. The zero-order valence-corrected chi connectivity index (χ0v) is 17.5. The lowest BCUT2D eigenvalue weighted by atomic mass is 9.93. The van der Waals surface area contributed by atoms with Crippen LogP contribution in [0.25, 0.3) is 22.0 Å². The number of rotatable bonds is 6. The Morgan fingerprint density at radius 3 is 2.59 bits per heavy atom. The molecule has 1 amide bonds. The van der Waals surface area contributed by atoms with Gasteiger partial charge in [0.15, 0.2) is 0 Å². The smallest absolute Gasteiger partial charge is 0.252 e. The number of aromatic nitrogens is 3. The number of fused-ring (bicyclic) bond motifs is 1. The van der Waals surface area contributed by atoms with Gasteiger partial charge in [0.25, 0.3) is 5.91 Å². The summed E-state index contributed by atoms with van der Waals surface area (Å²) in [5.74, 6) is 0.321. The van der Waals surface area contributed by atoms with Gasteiger partial charge in [-0.15, -0.1) is 0 Å². The molecule has 32 heavy (non-hydrogen) atoms. The van der Waals surface area contributed by atoms with E-state index in [9.17, 15) is 10.1 Å². The molecule has 0 saturated carbocycles. The lowest BCUT2D eigenvalue weighted by molar-refractivity contribution is 0.0965. The van der Waals surface area contributed by atoms with E-state index in [4.69, 9.17) is 10.7 Å². The maximum absolute atomic E-state index is 13.0. The number of carbonyl (C=O) groups is 1. The Morgan fingerprint density at radius 2 is 1.84 bits per heavy atom. The number of nitriles is 1. The van der Waals surface area contributed by atoms with E-state index in [1.165, 1.54) is 6.33 Å². The second kappa shape index (κ2) is 9.10. The molecule has 0 saturated heterocycles. The molecule has 0 aliphatic rings. The van der Waals surface area contributed by atoms with Crippen LogP contribution in [0, 0.1) is 11.3 Å². The van der Waals surface area contributed by atoms with E-state index in [0.717, 1.165) is 27.7 Å². The minimum absolute atomic E-state index is 0.126. The molecule has 8 heteroatoms. The van der Waals surface area contributed by atoms with Gasteiger partial charge >= 0.3 is 0 Å². The molecular weight excluding hydrogens is 402 g/mol. The maximum Gasteiger partial charge on any atom is 0.252 e. The van der Waals surface area contributed by atoms with E-state index in [2.05, 4.69) is 20.6 Å². The van der Waals surface area contributed by atoms with Gasteiger partial charge in [0, 0.05) is 31.0 Å². The van der Waals surface area contributed by atoms with E-state index >= 15 is 0 Å². The first-order chi connectivity index (χ1) is 15.6. The summed E-state index contributed by atoms with van der Waals surface area (Å²) in [5.41, 5.74) is 9.76. The topological polar surface area (TPSA) is 130 Å². The van der Waals surface area contributed by atoms with Crippen molar-refractivity contribution in [2.45, 2.75) is 6.42 Å². The van der Waals surface area contributed by atoms with E-state index in [1.54, 1.807) is 7.05 Å². The van der Waals surface area contributed by atoms with Gasteiger partial charge < -0.3 is 16.4 Å². The van der Waals surface area contributed by atoms with Crippen LogP contribution in [0.5, 0.6) is 0 Å². The summed E-state index contributed by atoms with van der Waals surface area (Å²) in [5, 5.41) is 16.0. The fourth-order valence-corrected chi connectivity index (χ4v) is 3.66. The molecule has 2 heterocycles. The number of amides is 1. The number of nitrogens with zero attached hydrogens (tertiary/aromatic N) is 4. The van der Waals surface area contributed by atoms with Crippen molar-refractivity contribution >= 4 is 28.4 Å². The van der Waals surface area contributed by atoms with Gasteiger partial charge in [-0.2, -0.15) is 5.26 Å². The lowest BCUT2D eigenvalue weighted by Gasteiger charge is -2.17. The van der Waals surface area contributed by atoms with E-state index in [1.807, 2.05) is 60.7 Å². The first kappa shape index (κ1) is 20.8. The average molecular weight is 423 g/mol. The van der Waals surface area contributed by atoms with Crippen LogP contribution in [0.15, 0.2) is 60.9 Å². The third-order valence-corrected chi connectivity index (χ3v) is 5.13. The Hall–Kier alpha value is -4.51. The van der Waals surface area contributed by atoms with Crippen molar-refractivity contribution in [2.75, 3.05) is 24.6 Å². The van der Waals surface area contributed by atoms with Crippen LogP contribution in [0.2, 0.25) is 0 Å². The third kappa shape index (κ3) is 3.91. The van der Waals surface area contributed by atoms with Crippen LogP contribution in [-0.2, 0) is 6.42 Å². The Morgan fingerprint density at radius 1 is 1.09 bits per heavy atom. The molecule has 158 valence electrons. The Labute approximate surface area is 185 Å². The van der Waals surface area contributed by atoms with Crippen molar-refractivity contribution in [3.8, 4) is 17.2 Å². The molecule has 0 unspecified atom stereocenters. The molecule has 0 aliphatic heterocycles. The summed E-state index contributed by atoms with van der Waals surface area (Å²) in [6.07, 6.45) is 1.81. The van der Waals surface area contributed by atoms with Crippen molar-refractivity contribution in [2.24, 2.45) is 0 Å². The molecule has 0 atom stereocenters. The van der Waals surface area contributed by atoms with Crippen LogP contribution in [0.1, 0.15) is 21.6 Å². The molecule has 0 fully saturated rings. The number of anilines is 2. The quantitative estimate of drug-likeness (QED) is 0.434. The van der Waals surface area contributed by atoms with E-state index in [0.29, 0.717) is 24.3 Å². The molecule has 4 N–H and O–H groups in total. The Bertz CT molecular complexity index is 1330. The Balaban J connectivity index is 1.80. The summed E-state index contributed by atoms with van der Waals surface area (Å²) in [6, 6.07) is 19.4. The molecule has 0 aliphatic carbocycles. The van der Waals surface area contributed by atoms with Crippen LogP contribution in [0.3, 0.4) is 0 Å². The molecule has 0 spiro atoms. The molecule has 2 aromatic heterocycles. The average Bonchev–Trinajstić information content (AvgIpc) is 2.83. The number of nitrogens with two attached hydrogens (primary N) is 1.